The minimum atomic E-state index is 0.581. The van der Waals surface area contributed by atoms with Crippen molar-refractivity contribution < 1.29 is 0 Å². The zero-order chi connectivity index (χ0) is 13.8. The predicted octanol–water partition coefficient (Wildman–Crippen LogP) is 5.38. The average Bonchev–Trinajstić information content (AvgIpc) is 2.40. The summed E-state index contributed by atoms with van der Waals surface area (Å²) in [4.78, 5) is 0. The third kappa shape index (κ3) is 3.74. The van der Waals surface area contributed by atoms with Gasteiger partial charge in [0.15, 0.2) is 0 Å². The lowest BCUT2D eigenvalue weighted by atomic mass is 10.0. The first-order chi connectivity index (χ1) is 9.06. The fourth-order valence-electron chi connectivity index (χ4n) is 1.93. The third-order valence-corrected chi connectivity index (χ3v) is 3.72. The lowest BCUT2D eigenvalue weighted by molar-refractivity contribution is 0.865. The van der Waals surface area contributed by atoms with Crippen LogP contribution in [0.5, 0.6) is 0 Å². The summed E-state index contributed by atoms with van der Waals surface area (Å²) in [5, 5.41) is 4.20. The third-order valence-electron chi connectivity index (χ3n) is 3.31. The van der Waals surface area contributed by atoms with E-state index in [4.69, 9.17) is 11.6 Å². The number of halogens is 1. The number of hydrogen-bond acceptors (Lipinski definition) is 1. The molecule has 0 heterocycles. The van der Waals surface area contributed by atoms with Crippen molar-refractivity contribution in [3.63, 3.8) is 0 Å². The van der Waals surface area contributed by atoms with Crippen molar-refractivity contribution in [3.8, 4) is 0 Å². The number of hydrogen-bond donors (Lipinski definition) is 1. The summed E-state index contributed by atoms with van der Waals surface area (Å²) in [6, 6.07) is 14.8. The highest BCUT2D eigenvalue weighted by molar-refractivity contribution is 6.31. The Morgan fingerprint density at radius 1 is 1.05 bits per heavy atom. The first-order valence-corrected chi connectivity index (χ1v) is 7.03. The van der Waals surface area contributed by atoms with Gasteiger partial charge in [-0.05, 0) is 41.7 Å². The van der Waals surface area contributed by atoms with Gasteiger partial charge in [0.05, 0.1) is 0 Å². The molecule has 2 rings (SSSR count). The van der Waals surface area contributed by atoms with Crippen LogP contribution >= 0.6 is 11.6 Å². The Balaban J connectivity index is 2.00. The molecule has 0 bridgehead atoms. The molecule has 1 N–H and O–H groups in total. The molecule has 0 aliphatic heterocycles. The quantitative estimate of drug-likeness (QED) is 0.788. The Hall–Kier alpha value is -1.47. The first kappa shape index (κ1) is 14.0. The van der Waals surface area contributed by atoms with Crippen molar-refractivity contribution in [1.29, 1.82) is 0 Å². The largest absolute Gasteiger partial charge is 0.381 e. The molecule has 0 radical (unpaired) electrons. The minimum Gasteiger partial charge on any atom is -0.381 e. The molecule has 0 atom stereocenters. The van der Waals surface area contributed by atoms with Crippen LogP contribution in [0.25, 0.3) is 0 Å². The maximum Gasteiger partial charge on any atom is 0.0455 e. The SMILES string of the molecule is Cc1ccc(NCc2ccc(C(C)C)cc2)cc1Cl. The van der Waals surface area contributed by atoms with E-state index in [1.54, 1.807) is 0 Å². The number of anilines is 1. The molecule has 0 amide bonds. The van der Waals surface area contributed by atoms with Gasteiger partial charge in [-0.1, -0.05) is 55.8 Å². The second-order valence-electron chi connectivity index (χ2n) is 5.21. The molecular formula is C17H20ClN. The van der Waals surface area contributed by atoms with Gasteiger partial charge in [-0.15, -0.1) is 0 Å². The fourth-order valence-corrected chi connectivity index (χ4v) is 2.11. The van der Waals surface area contributed by atoms with E-state index < -0.39 is 0 Å². The monoisotopic (exact) mass is 273 g/mol. The molecule has 0 spiro atoms. The standard InChI is InChI=1S/C17H20ClN/c1-12(2)15-7-5-14(6-8-15)11-19-16-9-4-13(3)17(18)10-16/h4-10,12,19H,11H2,1-3H3. The second kappa shape index (κ2) is 6.12. The smallest absolute Gasteiger partial charge is 0.0455 e. The van der Waals surface area contributed by atoms with Crippen LogP contribution in [0.1, 0.15) is 36.5 Å². The van der Waals surface area contributed by atoms with Gasteiger partial charge in [-0.25, -0.2) is 0 Å². The lowest BCUT2D eigenvalue weighted by Crippen LogP contribution is -2.00. The van der Waals surface area contributed by atoms with Crippen LogP contribution in [0, 0.1) is 6.92 Å². The maximum absolute atomic E-state index is 6.11. The van der Waals surface area contributed by atoms with Crippen molar-refractivity contribution in [2.24, 2.45) is 0 Å². The van der Waals surface area contributed by atoms with Crippen LogP contribution in [0.15, 0.2) is 42.5 Å². The van der Waals surface area contributed by atoms with Gasteiger partial charge >= 0.3 is 0 Å². The van der Waals surface area contributed by atoms with E-state index >= 15 is 0 Å². The zero-order valence-corrected chi connectivity index (χ0v) is 12.5. The Labute approximate surface area is 120 Å². The van der Waals surface area contributed by atoms with Crippen LogP contribution in [0.3, 0.4) is 0 Å². The maximum atomic E-state index is 6.11. The molecule has 0 aliphatic rings. The van der Waals surface area contributed by atoms with E-state index in [0.29, 0.717) is 5.92 Å². The van der Waals surface area contributed by atoms with Gasteiger partial charge in [0.25, 0.3) is 0 Å². The van der Waals surface area contributed by atoms with E-state index in [2.05, 4.69) is 49.5 Å². The Kier molecular flexibility index (Phi) is 4.49. The molecular weight excluding hydrogens is 254 g/mol. The molecule has 100 valence electrons. The Morgan fingerprint density at radius 3 is 2.32 bits per heavy atom. The van der Waals surface area contributed by atoms with E-state index in [9.17, 15) is 0 Å². The van der Waals surface area contributed by atoms with Gasteiger partial charge in [-0.2, -0.15) is 0 Å². The van der Waals surface area contributed by atoms with Crippen LogP contribution in [-0.2, 0) is 6.54 Å². The highest BCUT2D eigenvalue weighted by atomic mass is 35.5. The Morgan fingerprint density at radius 2 is 1.74 bits per heavy atom. The highest BCUT2D eigenvalue weighted by Gasteiger charge is 2.00. The van der Waals surface area contributed by atoms with Gasteiger partial charge in [0.2, 0.25) is 0 Å². The molecule has 2 aromatic carbocycles. The summed E-state index contributed by atoms with van der Waals surface area (Å²) in [7, 11) is 0. The van der Waals surface area contributed by atoms with E-state index in [-0.39, 0.29) is 0 Å². The van der Waals surface area contributed by atoms with Crippen molar-refractivity contribution in [3.05, 3.63) is 64.2 Å². The topological polar surface area (TPSA) is 12.0 Å². The second-order valence-corrected chi connectivity index (χ2v) is 5.62. The summed E-state index contributed by atoms with van der Waals surface area (Å²) in [5.41, 5.74) is 4.82. The molecule has 0 aliphatic carbocycles. The summed E-state index contributed by atoms with van der Waals surface area (Å²) in [6.45, 7) is 7.25. The van der Waals surface area contributed by atoms with E-state index in [0.717, 1.165) is 22.8 Å². The molecule has 0 fully saturated rings. The molecule has 1 nitrogen and oxygen atoms in total. The molecule has 0 saturated carbocycles. The number of nitrogens with one attached hydrogen (secondary N) is 1. The van der Waals surface area contributed by atoms with E-state index in [1.165, 1.54) is 11.1 Å². The number of rotatable bonds is 4. The summed E-state index contributed by atoms with van der Waals surface area (Å²) >= 11 is 6.11. The van der Waals surface area contributed by atoms with E-state index in [1.807, 2.05) is 19.1 Å². The van der Waals surface area contributed by atoms with Gasteiger partial charge in [-0.3, -0.25) is 0 Å². The van der Waals surface area contributed by atoms with Crippen LogP contribution in [0.2, 0.25) is 5.02 Å². The molecule has 2 heteroatoms. The minimum absolute atomic E-state index is 0.581. The summed E-state index contributed by atoms with van der Waals surface area (Å²) < 4.78 is 0. The van der Waals surface area contributed by atoms with Crippen LogP contribution < -0.4 is 5.32 Å². The fraction of sp³-hybridized carbons (Fsp3) is 0.294. The van der Waals surface area contributed by atoms with Gasteiger partial charge in [0.1, 0.15) is 0 Å². The molecule has 0 unspecified atom stereocenters. The van der Waals surface area contributed by atoms with Crippen molar-refractivity contribution in [1.82, 2.24) is 0 Å². The predicted molar refractivity (Wildman–Crippen MR) is 84.0 cm³/mol. The normalized spacial score (nSPS) is 10.8. The summed E-state index contributed by atoms with van der Waals surface area (Å²) in [5.74, 6) is 0.581. The lowest BCUT2D eigenvalue weighted by Gasteiger charge is -2.10. The number of aryl methyl sites for hydroxylation is 1. The van der Waals surface area contributed by atoms with Crippen molar-refractivity contribution >= 4 is 17.3 Å². The molecule has 2 aromatic rings. The van der Waals surface area contributed by atoms with Crippen LogP contribution in [-0.4, -0.2) is 0 Å². The zero-order valence-electron chi connectivity index (χ0n) is 11.7. The van der Waals surface area contributed by atoms with Crippen molar-refractivity contribution in [2.75, 3.05) is 5.32 Å². The van der Waals surface area contributed by atoms with Gasteiger partial charge < -0.3 is 5.32 Å². The van der Waals surface area contributed by atoms with Crippen molar-refractivity contribution in [2.45, 2.75) is 33.2 Å². The van der Waals surface area contributed by atoms with Crippen LogP contribution in [0.4, 0.5) is 5.69 Å². The molecule has 0 aromatic heterocycles. The highest BCUT2D eigenvalue weighted by Crippen LogP contribution is 2.21. The first-order valence-electron chi connectivity index (χ1n) is 6.65. The van der Waals surface area contributed by atoms with Gasteiger partial charge in [0, 0.05) is 17.3 Å². The molecule has 0 saturated heterocycles. The number of benzene rings is 2. The molecule has 19 heavy (non-hydrogen) atoms. The summed E-state index contributed by atoms with van der Waals surface area (Å²) in [6.07, 6.45) is 0. The average molecular weight is 274 g/mol. The Bertz CT molecular complexity index is 544.